The Labute approximate surface area is 137 Å². The van der Waals surface area contributed by atoms with Gasteiger partial charge in [0.2, 0.25) is 0 Å². The first kappa shape index (κ1) is 15.7. The van der Waals surface area contributed by atoms with Crippen molar-refractivity contribution in [2.75, 3.05) is 21.9 Å². The molecule has 0 saturated heterocycles. The number of hydrogen-bond acceptors (Lipinski definition) is 4. The summed E-state index contributed by atoms with van der Waals surface area (Å²) < 4.78 is 27.5. The Kier molecular flexibility index (Phi) is 4.17. The highest BCUT2D eigenvalue weighted by Crippen LogP contribution is 2.29. The Hall–Kier alpha value is -2.21. The van der Waals surface area contributed by atoms with Crippen LogP contribution in [0, 0.1) is 6.92 Å². The van der Waals surface area contributed by atoms with Crippen LogP contribution in [-0.4, -0.2) is 21.0 Å². The van der Waals surface area contributed by atoms with E-state index in [1.807, 2.05) is 19.1 Å². The van der Waals surface area contributed by atoms with Crippen molar-refractivity contribution >= 4 is 27.1 Å². The maximum absolute atomic E-state index is 12.5. The van der Waals surface area contributed by atoms with Crippen molar-refractivity contribution < 1.29 is 8.42 Å². The zero-order valence-electron chi connectivity index (χ0n) is 13.3. The average molecular weight is 331 g/mol. The zero-order chi connectivity index (χ0) is 16.4. The predicted octanol–water partition coefficient (Wildman–Crippen LogP) is 3.41. The highest BCUT2D eigenvalue weighted by Gasteiger charge is 2.16. The van der Waals surface area contributed by atoms with E-state index in [4.69, 9.17) is 0 Å². The number of rotatable bonds is 3. The molecule has 6 heteroatoms. The van der Waals surface area contributed by atoms with Gasteiger partial charge >= 0.3 is 0 Å². The first-order chi connectivity index (χ1) is 10.9. The van der Waals surface area contributed by atoms with Crippen molar-refractivity contribution in [1.82, 2.24) is 0 Å². The molecule has 1 aliphatic rings. The highest BCUT2D eigenvalue weighted by atomic mass is 32.2. The highest BCUT2D eigenvalue weighted by molar-refractivity contribution is 7.92. The van der Waals surface area contributed by atoms with Crippen LogP contribution in [0.2, 0.25) is 0 Å². The summed E-state index contributed by atoms with van der Waals surface area (Å²) in [6.45, 7) is 4.91. The minimum Gasteiger partial charge on any atom is -0.383 e. The quantitative estimate of drug-likeness (QED) is 0.806. The van der Waals surface area contributed by atoms with Gasteiger partial charge in [-0.1, -0.05) is 17.7 Å². The second-order valence-electron chi connectivity index (χ2n) is 5.94. The molecule has 2 aromatic carbocycles. The van der Waals surface area contributed by atoms with Crippen molar-refractivity contribution in [2.45, 2.75) is 31.2 Å². The van der Waals surface area contributed by atoms with Crippen LogP contribution < -0.4 is 15.4 Å². The fraction of sp³-hybridized carbons (Fsp3) is 0.294. The topological polar surface area (TPSA) is 70.2 Å². The Morgan fingerprint density at radius 3 is 2.57 bits per heavy atom. The van der Waals surface area contributed by atoms with Crippen molar-refractivity contribution in [1.29, 1.82) is 0 Å². The molecular weight excluding hydrogens is 310 g/mol. The van der Waals surface area contributed by atoms with Crippen molar-refractivity contribution in [3.8, 4) is 0 Å². The molecule has 0 amide bonds. The van der Waals surface area contributed by atoms with Gasteiger partial charge < -0.3 is 10.6 Å². The van der Waals surface area contributed by atoms with E-state index in [0.29, 0.717) is 11.7 Å². The fourth-order valence-electron chi connectivity index (χ4n) is 2.57. The number of nitrogens with one attached hydrogen (secondary N) is 3. The third kappa shape index (κ3) is 3.59. The van der Waals surface area contributed by atoms with Gasteiger partial charge in [-0.3, -0.25) is 4.72 Å². The number of fused-ring (bicyclic) bond motifs is 1. The minimum atomic E-state index is -3.57. The molecule has 0 aromatic heterocycles. The molecule has 0 radical (unpaired) electrons. The molecule has 0 spiro atoms. The smallest absolute Gasteiger partial charge is 0.261 e. The third-order valence-electron chi connectivity index (χ3n) is 3.90. The van der Waals surface area contributed by atoms with Gasteiger partial charge in [0.05, 0.1) is 22.0 Å². The summed E-state index contributed by atoms with van der Waals surface area (Å²) in [6.07, 6.45) is 1.01. The molecule has 1 unspecified atom stereocenters. The van der Waals surface area contributed by atoms with Crippen LogP contribution in [0.1, 0.15) is 18.9 Å². The van der Waals surface area contributed by atoms with Gasteiger partial charge in [-0.15, -0.1) is 0 Å². The van der Waals surface area contributed by atoms with Crippen LogP contribution in [0.15, 0.2) is 47.4 Å². The number of hydrogen-bond donors (Lipinski definition) is 3. The van der Waals surface area contributed by atoms with Crippen molar-refractivity contribution in [2.24, 2.45) is 0 Å². The molecule has 3 N–H and O–H groups in total. The molecule has 0 bridgehead atoms. The van der Waals surface area contributed by atoms with Gasteiger partial charge in [0.1, 0.15) is 0 Å². The van der Waals surface area contributed by atoms with Crippen LogP contribution in [0.5, 0.6) is 0 Å². The summed E-state index contributed by atoms with van der Waals surface area (Å²) >= 11 is 0. The summed E-state index contributed by atoms with van der Waals surface area (Å²) in [6, 6.07) is 12.7. The largest absolute Gasteiger partial charge is 0.383 e. The standard InChI is InChI=1S/C17H21N3O2S/c1-12-3-6-15(7-4-12)23(21,22)20-14-5-8-16-17(11-14)18-10-9-13(2)19-16/h3-8,11,13,18-20H,9-10H2,1-2H3. The molecule has 0 saturated carbocycles. The van der Waals surface area contributed by atoms with Crippen LogP contribution in [0.3, 0.4) is 0 Å². The van der Waals surface area contributed by atoms with Gasteiger partial charge in [0, 0.05) is 12.6 Å². The van der Waals surface area contributed by atoms with E-state index in [-0.39, 0.29) is 4.90 Å². The number of sulfonamides is 1. The number of anilines is 3. The van der Waals surface area contributed by atoms with Crippen molar-refractivity contribution in [3.05, 3.63) is 48.0 Å². The molecule has 2 aromatic rings. The summed E-state index contributed by atoms with van der Waals surface area (Å²) in [7, 11) is -3.57. The Morgan fingerprint density at radius 1 is 1.09 bits per heavy atom. The lowest BCUT2D eigenvalue weighted by atomic mass is 10.2. The molecule has 1 aliphatic heterocycles. The van der Waals surface area contributed by atoms with Crippen molar-refractivity contribution in [3.63, 3.8) is 0 Å². The first-order valence-corrected chi connectivity index (χ1v) is 9.16. The van der Waals surface area contributed by atoms with Gasteiger partial charge in [-0.25, -0.2) is 8.42 Å². The number of benzene rings is 2. The lowest BCUT2D eigenvalue weighted by molar-refractivity contribution is 0.601. The Balaban J connectivity index is 1.85. The van der Waals surface area contributed by atoms with Crippen LogP contribution in [0.25, 0.3) is 0 Å². The molecule has 23 heavy (non-hydrogen) atoms. The Morgan fingerprint density at radius 2 is 1.83 bits per heavy atom. The molecule has 1 heterocycles. The van der Waals surface area contributed by atoms with E-state index < -0.39 is 10.0 Å². The third-order valence-corrected chi connectivity index (χ3v) is 5.29. The summed E-state index contributed by atoms with van der Waals surface area (Å²) in [4.78, 5) is 0.262. The van der Waals surface area contributed by atoms with Crippen LogP contribution >= 0.6 is 0 Å². The molecule has 5 nitrogen and oxygen atoms in total. The van der Waals surface area contributed by atoms with Crippen LogP contribution in [-0.2, 0) is 10.0 Å². The summed E-state index contributed by atoms with van der Waals surface area (Å²) in [5.41, 5.74) is 3.48. The van der Waals surface area contributed by atoms with Gasteiger partial charge in [0.15, 0.2) is 0 Å². The molecule has 3 rings (SSSR count). The maximum atomic E-state index is 12.5. The van der Waals surface area contributed by atoms with E-state index in [2.05, 4.69) is 22.3 Å². The average Bonchev–Trinajstić information content (AvgIpc) is 2.67. The lowest BCUT2D eigenvalue weighted by Crippen LogP contribution is -2.14. The second-order valence-corrected chi connectivity index (χ2v) is 7.62. The van der Waals surface area contributed by atoms with Gasteiger partial charge in [0.25, 0.3) is 10.0 Å². The number of aryl methyl sites for hydroxylation is 1. The summed E-state index contributed by atoms with van der Waals surface area (Å²) in [5, 5.41) is 6.74. The molecule has 122 valence electrons. The molecule has 1 atom stereocenters. The fourth-order valence-corrected chi connectivity index (χ4v) is 3.62. The van der Waals surface area contributed by atoms with E-state index in [0.717, 1.165) is 29.9 Å². The minimum absolute atomic E-state index is 0.262. The maximum Gasteiger partial charge on any atom is 0.261 e. The zero-order valence-corrected chi connectivity index (χ0v) is 14.1. The second kappa shape index (κ2) is 6.12. The van der Waals surface area contributed by atoms with Gasteiger partial charge in [-0.2, -0.15) is 0 Å². The normalized spacial score (nSPS) is 17.4. The molecule has 0 aliphatic carbocycles. The lowest BCUT2D eigenvalue weighted by Gasteiger charge is -2.14. The molecule has 0 fully saturated rings. The monoisotopic (exact) mass is 331 g/mol. The predicted molar refractivity (Wildman–Crippen MR) is 94.6 cm³/mol. The first-order valence-electron chi connectivity index (χ1n) is 7.68. The van der Waals surface area contributed by atoms with E-state index in [1.165, 1.54) is 0 Å². The Bertz CT molecular complexity index is 801. The van der Waals surface area contributed by atoms with Crippen LogP contribution in [0.4, 0.5) is 17.1 Å². The van der Waals surface area contributed by atoms with E-state index in [9.17, 15) is 8.42 Å². The molecular formula is C17H21N3O2S. The van der Waals surface area contributed by atoms with E-state index in [1.54, 1.807) is 30.3 Å². The SMILES string of the molecule is Cc1ccc(S(=O)(=O)Nc2ccc3c(c2)NCCC(C)N3)cc1. The van der Waals surface area contributed by atoms with E-state index >= 15 is 0 Å². The van der Waals surface area contributed by atoms with Gasteiger partial charge in [-0.05, 0) is 50.6 Å². The summed E-state index contributed by atoms with van der Waals surface area (Å²) in [5.74, 6) is 0.